The van der Waals surface area contributed by atoms with Crippen LogP contribution < -0.4 is 21.3 Å². The Morgan fingerprint density at radius 1 is 1.33 bits per heavy atom. The molecule has 4 N–H and O–H groups in total. The highest BCUT2D eigenvalue weighted by Gasteiger charge is 2.10. The van der Waals surface area contributed by atoms with Crippen LogP contribution in [0.25, 0.3) is 0 Å². The van der Waals surface area contributed by atoms with Crippen LogP contribution in [0.3, 0.4) is 0 Å². The summed E-state index contributed by atoms with van der Waals surface area (Å²) in [5, 5.41) is 0.556. The van der Waals surface area contributed by atoms with E-state index in [9.17, 15) is 4.79 Å². The van der Waals surface area contributed by atoms with Gasteiger partial charge in [0.25, 0.3) is 5.91 Å². The third kappa shape index (κ3) is 3.73. The Hall–Kier alpha value is -2.54. The number of anilines is 2. The summed E-state index contributed by atoms with van der Waals surface area (Å²) in [7, 11) is 0. The summed E-state index contributed by atoms with van der Waals surface area (Å²) in [5.74, 6) is 0.175. The summed E-state index contributed by atoms with van der Waals surface area (Å²) in [5.41, 5.74) is 11.6. The second kappa shape index (κ2) is 6.76. The highest BCUT2D eigenvalue weighted by atomic mass is 35.5. The molecule has 7 nitrogen and oxygen atoms in total. The molecular formula is C13H14ClN5O2. The average molecular weight is 308 g/mol. The van der Waals surface area contributed by atoms with Gasteiger partial charge in [0.15, 0.2) is 5.82 Å². The number of rotatable bonds is 5. The zero-order valence-corrected chi connectivity index (χ0v) is 12.0. The molecule has 1 heterocycles. The predicted molar refractivity (Wildman–Crippen MR) is 80.2 cm³/mol. The summed E-state index contributed by atoms with van der Waals surface area (Å²) in [6, 6.07) is 6.47. The lowest BCUT2D eigenvalue weighted by Gasteiger charge is -2.11. The van der Waals surface area contributed by atoms with Crippen LogP contribution in [0.15, 0.2) is 30.6 Å². The molecule has 0 bridgehead atoms. The second-order valence-corrected chi connectivity index (χ2v) is 4.40. The molecule has 0 fully saturated rings. The molecule has 0 saturated heterocycles. The predicted octanol–water partition coefficient (Wildman–Crippen LogP) is 1.87. The van der Waals surface area contributed by atoms with Gasteiger partial charge in [0.1, 0.15) is 12.0 Å². The Balaban J connectivity index is 2.04. The topological polar surface area (TPSA) is 102 Å². The number of nitrogens with one attached hydrogen (secondary N) is 2. The molecule has 1 aromatic heterocycles. The quantitative estimate of drug-likeness (QED) is 0.729. The molecule has 0 aliphatic heterocycles. The van der Waals surface area contributed by atoms with E-state index in [-0.39, 0.29) is 23.3 Å². The number of nitrogen functional groups attached to an aromatic ring is 1. The standard InChI is InChI=1S/C13H14ClN5O2/c1-2-21-13-10(15)11(16-7-17-13)18-19-12(20)8-3-5-9(14)6-4-8/h3-7H,2,15H2,1H3,(H,19,20)(H,16,17,18). The lowest BCUT2D eigenvalue weighted by molar-refractivity contribution is 0.0962. The minimum atomic E-state index is -0.345. The number of carbonyl (C=O) groups is 1. The number of ether oxygens (including phenoxy) is 1. The molecule has 0 spiro atoms. The van der Waals surface area contributed by atoms with Gasteiger partial charge in [0.05, 0.1) is 6.61 Å². The molecule has 0 aliphatic carbocycles. The molecule has 0 atom stereocenters. The van der Waals surface area contributed by atoms with E-state index in [1.54, 1.807) is 24.3 Å². The smallest absolute Gasteiger partial charge is 0.269 e. The maximum atomic E-state index is 11.9. The van der Waals surface area contributed by atoms with Crippen molar-refractivity contribution in [1.82, 2.24) is 15.4 Å². The number of nitrogens with two attached hydrogens (primary N) is 1. The molecule has 2 aromatic rings. The van der Waals surface area contributed by atoms with Gasteiger partial charge in [-0.2, -0.15) is 4.98 Å². The normalized spacial score (nSPS) is 10.0. The fourth-order valence-electron chi connectivity index (χ4n) is 1.52. The van der Waals surface area contributed by atoms with Crippen molar-refractivity contribution in [2.45, 2.75) is 6.92 Å². The molecule has 0 aliphatic rings. The Morgan fingerprint density at radius 3 is 2.71 bits per heavy atom. The molecule has 0 unspecified atom stereocenters. The molecule has 8 heteroatoms. The van der Waals surface area contributed by atoms with Crippen LogP contribution in [0.1, 0.15) is 17.3 Å². The first-order valence-electron chi connectivity index (χ1n) is 6.17. The van der Waals surface area contributed by atoms with Gasteiger partial charge in [-0.15, -0.1) is 0 Å². The number of hydrogen-bond donors (Lipinski definition) is 3. The van der Waals surface area contributed by atoms with Gasteiger partial charge >= 0.3 is 0 Å². The van der Waals surface area contributed by atoms with Gasteiger partial charge < -0.3 is 10.5 Å². The Kier molecular flexibility index (Phi) is 4.78. The second-order valence-electron chi connectivity index (χ2n) is 3.96. The molecular weight excluding hydrogens is 294 g/mol. The summed E-state index contributed by atoms with van der Waals surface area (Å²) in [6.07, 6.45) is 1.29. The fourth-order valence-corrected chi connectivity index (χ4v) is 1.65. The molecule has 21 heavy (non-hydrogen) atoms. The van der Waals surface area contributed by atoms with E-state index in [1.807, 2.05) is 6.92 Å². The average Bonchev–Trinajstić information content (AvgIpc) is 2.49. The maximum Gasteiger partial charge on any atom is 0.269 e. The number of carbonyl (C=O) groups excluding carboxylic acids is 1. The molecule has 1 aromatic carbocycles. The molecule has 110 valence electrons. The monoisotopic (exact) mass is 307 g/mol. The van der Waals surface area contributed by atoms with Crippen LogP contribution >= 0.6 is 11.6 Å². The van der Waals surface area contributed by atoms with Crippen molar-refractivity contribution in [2.24, 2.45) is 0 Å². The van der Waals surface area contributed by atoms with Gasteiger partial charge in [-0.1, -0.05) is 11.6 Å². The molecule has 2 rings (SSSR count). The van der Waals surface area contributed by atoms with Gasteiger partial charge in [0, 0.05) is 10.6 Å². The molecule has 0 radical (unpaired) electrons. The summed E-state index contributed by atoms with van der Waals surface area (Å²) in [4.78, 5) is 19.8. The number of hydrogen-bond acceptors (Lipinski definition) is 6. The SMILES string of the molecule is CCOc1ncnc(NNC(=O)c2ccc(Cl)cc2)c1N. The lowest BCUT2D eigenvalue weighted by atomic mass is 10.2. The Bertz CT molecular complexity index is 633. The van der Waals surface area contributed by atoms with Gasteiger partial charge in [0.2, 0.25) is 5.88 Å². The van der Waals surface area contributed by atoms with Gasteiger partial charge in [-0.05, 0) is 31.2 Å². The molecule has 1 amide bonds. The highest BCUT2D eigenvalue weighted by molar-refractivity contribution is 6.30. The van der Waals surface area contributed by atoms with E-state index in [0.29, 0.717) is 17.2 Å². The lowest BCUT2D eigenvalue weighted by Crippen LogP contribution is -2.30. The first kappa shape index (κ1) is 14.9. The van der Waals surface area contributed by atoms with Crippen LogP contribution in [0, 0.1) is 0 Å². The van der Waals surface area contributed by atoms with Crippen LogP contribution in [-0.2, 0) is 0 Å². The van der Waals surface area contributed by atoms with Crippen LogP contribution in [-0.4, -0.2) is 22.5 Å². The summed E-state index contributed by atoms with van der Waals surface area (Å²) < 4.78 is 5.24. The Labute approximate surface area is 126 Å². The first-order valence-corrected chi connectivity index (χ1v) is 6.54. The van der Waals surface area contributed by atoms with E-state index >= 15 is 0 Å². The van der Waals surface area contributed by atoms with Crippen molar-refractivity contribution >= 4 is 29.0 Å². The number of aromatic nitrogens is 2. The zero-order chi connectivity index (χ0) is 15.2. The Morgan fingerprint density at radius 2 is 2.05 bits per heavy atom. The first-order chi connectivity index (χ1) is 10.1. The largest absolute Gasteiger partial charge is 0.476 e. The van der Waals surface area contributed by atoms with E-state index < -0.39 is 0 Å². The van der Waals surface area contributed by atoms with Gasteiger partial charge in [-0.3, -0.25) is 15.6 Å². The van der Waals surface area contributed by atoms with E-state index in [4.69, 9.17) is 22.1 Å². The number of nitrogens with zero attached hydrogens (tertiary/aromatic N) is 2. The van der Waals surface area contributed by atoms with Crippen LogP contribution in [0.2, 0.25) is 5.02 Å². The fraction of sp³-hybridized carbons (Fsp3) is 0.154. The molecule has 0 saturated carbocycles. The van der Waals surface area contributed by atoms with Crippen LogP contribution in [0.5, 0.6) is 5.88 Å². The number of hydrazine groups is 1. The van der Waals surface area contributed by atoms with Crippen molar-refractivity contribution in [3.63, 3.8) is 0 Å². The third-order valence-corrected chi connectivity index (χ3v) is 2.78. The summed E-state index contributed by atoms with van der Waals surface area (Å²) >= 11 is 5.76. The van der Waals surface area contributed by atoms with E-state index in [2.05, 4.69) is 20.8 Å². The van der Waals surface area contributed by atoms with Crippen molar-refractivity contribution in [3.8, 4) is 5.88 Å². The van der Waals surface area contributed by atoms with Crippen molar-refractivity contribution in [1.29, 1.82) is 0 Å². The van der Waals surface area contributed by atoms with E-state index in [1.165, 1.54) is 6.33 Å². The van der Waals surface area contributed by atoms with Crippen molar-refractivity contribution in [2.75, 3.05) is 17.8 Å². The summed E-state index contributed by atoms with van der Waals surface area (Å²) in [6.45, 7) is 2.24. The highest BCUT2D eigenvalue weighted by Crippen LogP contribution is 2.23. The number of benzene rings is 1. The van der Waals surface area contributed by atoms with Crippen LogP contribution in [0.4, 0.5) is 11.5 Å². The number of halogens is 1. The van der Waals surface area contributed by atoms with E-state index in [0.717, 1.165) is 0 Å². The van der Waals surface area contributed by atoms with Crippen molar-refractivity contribution in [3.05, 3.63) is 41.2 Å². The third-order valence-electron chi connectivity index (χ3n) is 2.53. The zero-order valence-electron chi connectivity index (χ0n) is 11.3. The maximum absolute atomic E-state index is 11.9. The van der Waals surface area contributed by atoms with Crippen molar-refractivity contribution < 1.29 is 9.53 Å². The number of amides is 1. The van der Waals surface area contributed by atoms with Gasteiger partial charge in [-0.25, -0.2) is 4.98 Å². The minimum Gasteiger partial charge on any atom is -0.476 e. The minimum absolute atomic E-state index is 0.218.